The van der Waals surface area contributed by atoms with Crippen LogP contribution >= 0.6 is 0 Å². The fourth-order valence-electron chi connectivity index (χ4n) is 1.73. The third-order valence-electron chi connectivity index (χ3n) is 2.82. The van der Waals surface area contributed by atoms with Gasteiger partial charge in [0.1, 0.15) is 0 Å². The van der Waals surface area contributed by atoms with Gasteiger partial charge in [-0.2, -0.15) is 20.8 Å². The van der Waals surface area contributed by atoms with Gasteiger partial charge in [0.2, 0.25) is 0 Å². The van der Waals surface area contributed by atoms with E-state index in [1.54, 1.807) is 24.3 Å². The Balaban J connectivity index is 2.28. The highest BCUT2D eigenvalue weighted by molar-refractivity contribution is 5.42. The molecule has 0 radical (unpaired) electrons. The van der Waals surface area contributed by atoms with Gasteiger partial charge in [-0.05, 0) is 25.1 Å². The first kappa shape index (κ1) is 13.5. The average molecular weight is 260 g/mol. The molecule has 0 heterocycles. The monoisotopic (exact) mass is 260 g/mol. The molecule has 0 spiro atoms. The van der Waals surface area contributed by atoms with Crippen molar-refractivity contribution in [1.29, 1.82) is 10.5 Å². The van der Waals surface area contributed by atoms with Gasteiger partial charge in [0.25, 0.3) is 0 Å². The summed E-state index contributed by atoms with van der Waals surface area (Å²) in [7, 11) is 0. The lowest BCUT2D eigenvalue weighted by Crippen LogP contribution is -1.94. The Morgan fingerprint density at radius 2 is 1.70 bits per heavy atom. The van der Waals surface area contributed by atoms with Crippen LogP contribution in [0.5, 0.6) is 0 Å². The molecular weight excluding hydrogens is 248 g/mol. The summed E-state index contributed by atoms with van der Waals surface area (Å²) < 4.78 is 0. The van der Waals surface area contributed by atoms with Crippen LogP contribution in [0.25, 0.3) is 0 Å². The third-order valence-corrected chi connectivity index (χ3v) is 2.82. The van der Waals surface area contributed by atoms with Crippen molar-refractivity contribution in [2.75, 3.05) is 0 Å². The molecule has 0 N–H and O–H groups in total. The molecule has 0 aliphatic carbocycles. The summed E-state index contributed by atoms with van der Waals surface area (Å²) in [6.45, 7) is 1.99. The average Bonchev–Trinajstić information content (AvgIpc) is 2.50. The Hall–Kier alpha value is -2.98. The topological polar surface area (TPSA) is 72.3 Å². The van der Waals surface area contributed by atoms with Crippen LogP contribution in [0, 0.1) is 29.6 Å². The maximum atomic E-state index is 9.21. The molecule has 4 nitrogen and oxygen atoms in total. The van der Waals surface area contributed by atoms with E-state index in [0.717, 1.165) is 5.56 Å². The molecule has 4 heteroatoms. The molecule has 96 valence electrons. The van der Waals surface area contributed by atoms with Gasteiger partial charge in [0.05, 0.1) is 23.4 Å². The molecule has 2 aromatic rings. The molecule has 0 saturated carbocycles. The van der Waals surface area contributed by atoms with E-state index in [1.165, 1.54) is 0 Å². The van der Waals surface area contributed by atoms with E-state index >= 15 is 0 Å². The number of rotatable bonds is 3. The number of aryl methyl sites for hydroxylation is 1. The highest BCUT2D eigenvalue weighted by Crippen LogP contribution is 2.23. The second-order valence-electron chi connectivity index (χ2n) is 4.28. The molecule has 2 rings (SSSR count). The van der Waals surface area contributed by atoms with Gasteiger partial charge in [-0.3, -0.25) is 0 Å². The second kappa shape index (κ2) is 6.26. The van der Waals surface area contributed by atoms with Crippen LogP contribution in [0.1, 0.15) is 22.7 Å². The van der Waals surface area contributed by atoms with Gasteiger partial charge in [-0.25, -0.2) is 0 Å². The van der Waals surface area contributed by atoms with Gasteiger partial charge in [0, 0.05) is 5.56 Å². The van der Waals surface area contributed by atoms with Crippen LogP contribution < -0.4 is 0 Å². The van der Waals surface area contributed by atoms with E-state index in [-0.39, 0.29) is 0 Å². The van der Waals surface area contributed by atoms with E-state index in [9.17, 15) is 5.26 Å². The van der Waals surface area contributed by atoms with Crippen molar-refractivity contribution >= 4 is 5.69 Å². The molecule has 20 heavy (non-hydrogen) atoms. The summed E-state index contributed by atoms with van der Waals surface area (Å²) in [5.74, 6) is 0. The minimum atomic E-state index is -0.771. The maximum absolute atomic E-state index is 9.21. The van der Waals surface area contributed by atoms with Gasteiger partial charge < -0.3 is 0 Å². The van der Waals surface area contributed by atoms with E-state index < -0.39 is 6.04 Å². The van der Waals surface area contributed by atoms with E-state index in [4.69, 9.17) is 5.26 Å². The Morgan fingerprint density at radius 1 is 1.00 bits per heavy atom. The predicted molar refractivity (Wildman–Crippen MR) is 75.2 cm³/mol. The predicted octanol–water partition coefficient (Wildman–Crippen LogP) is 4.22. The van der Waals surface area contributed by atoms with Gasteiger partial charge >= 0.3 is 0 Å². The second-order valence-corrected chi connectivity index (χ2v) is 4.28. The van der Waals surface area contributed by atoms with Crippen LogP contribution in [-0.2, 0) is 0 Å². The molecule has 0 fully saturated rings. The molecule has 0 aromatic heterocycles. The lowest BCUT2D eigenvalue weighted by Gasteiger charge is -2.04. The zero-order chi connectivity index (χ0) is 14.4. The lowest BCUT2D eigenvalue weighted by atomic mass is 10.0. The van der Waals surface area contributed by atoms with Crippen molar-refractivity contribution in [2.24, 2.45) is 10.2 Å². The van der Waals surface area contributed by atoms with Gasteiger partial charge in [-0.1, -0.05) is 35.9 Å². The first-order valence-electron chi connectivity index (χ1n) is 6.11. The molecule has 0 bridgehead atoms. The van der Waals surface area contributed by atoms with Crippen LogP contribution in [0.15, 0.2) is 58.8 Å². The minimum absolute atomic E-state index is 0.446. The summed E-state index contributed by atoms with van der Waals surface area (Å²) in [5.41, 5.74) is 2.84. The Morgan fingerprint density at radius 3 is 2.35 bits per heavy atom. The number of hydrogen-bond acceptors (Lipinski definition) is 4. The van der Waals surface area contributed by atoms with Crippen LogP contribution in [0.4, 0.5) is 5.69 Å². The van der Waals surface area contributed by atoms with Crippen molar-refractivity contribution in [1.82, 2.24) is 0 Å². The molecule has 0 amide bonds. The zero-order valence-corrected chi connectivity index (χ0v) is 11.0. The SMILES string of the molecule is Cc1ccc(N=NC(C#N)c2ccccc2C#N)cc1. The summed E-state index contributed by atoms with van der Waals surface area (Å²) in [6, 6.07) is 17.8. The molecule has 1 atom stereocenters. The van der Waals surface area contributed by atoms with Crippen LogP contribution in [0.2, 0.25) is 0 Å². The number of azo groups is 1. The van der Waals surface area contributed by atoms with Gasteiger partial charge in [-0.15, -0.1) is 0 Å². The van der Waals surface area contributed by atoms with Gasteiger partial charge in [0.15, 0.2) is 6.04 Å². The van der Waals surface area contributed by atoms with Crippen molar-refractivity contribution in [2.45, 2.75) is 13.0 Å². The van der Waals surface area contributed by atoms with Crippen LogP contribution in [0.3, 0.4) is 0 Å². The first-order chi connectivity index (χ1) is 9.74. The fraction of sp³-hybridized carbons (Fsp3) is 0.125. The minimum Gasteiger partial charge on any atom is -0.195 e. The summed E-state index contributed by atoms with van der Waals surface area (Å²) >= 11 is 0. The number of benzene rings is 2. The molecule has 0 aliphatic rings. The smallest absolute Gasteiger partial charge is 0.183 e. The summed E-state index contributed by atoms with van der Waals surface area (Å²) in [4.78, 5) is 0. The quantitative estimate of drug-likeness (QED) is 0.775. The molecule has 2 aromatic carbocycles. The molecule has 0 aliphatic heterocycles. The van der Waals surface area contributed by atoms with Crippen molar-refractivity contribution < 1.29 is 0 Å². The Labute approximate surface area is 117 Å². The zero-order valence-electron chi connectivity index (χ0n) is 11.0. The largest absolute Gasteiger partial charge is 0.195 e. The molecule has 0 saturated heterocycles. The first-order valence-corrected chi connectivity index (χ1v) is 6.11. The molecule has 1 unspecified atom stereocenters. The highest BCUT2D eigenvalue weighted by atomic mass is 15.1. The van der Waals surface area contributed by atoms with Crippen molar-refractivity contribution in [3.8, 4) is 12.1 Å². The van der Waals surface area contributed by atoms with E-state index in [1.807, 2.05) is 31.2 Å². The lowest BCUT2D eigenvalue weighted by molar-refractivity contribution is 0.849. The third kappa shape index (κ3) is 3.07. The van der Waals surface area contributed by atoms with Crippen LogP contribution in [-0.4, -0.2) is 0 Å². The summed E-state index contributed by atoms with van der Waals surface area (Å²) in [6.07, 6.45) is 0. The number of nitriles is 2. The standard InChI is InChI=1S/C16H12N4/c1-12-6-8-14(9-7-12)19-20-16(11-18)15-5-3-2-4-13(15)10-17/h2-9,16H,1H3. The molecular formula is C16H12N4. The highest BCUT2D eigenvalue weighted by Gasteiger charge is 2.13. The Kier molecular flexibility index (Phi) is 4.21. The number of hydrogen-bond donors (Lipinski definition) is 0. The van der Waals surface area contributed by atoms with E-state index in [0.29, 0.717) is 16.8 Å². The van der Waals surface area contributed by atoms with Crippen molar-refractivity contribution in [3.05, 3.63) is 65.2 Å². The van der Waals surface area contributed by atoms with E-state index in [2.05, 4.69) is 22.4 Å². The maximum Gasteiger partial charge on any atom is 0.183 e. The number of nitrogens with zero attached hydrogens (tertiary/aromatic N) is 4. The normalized spacial score (nSPS) is 11.8. The fourth-order valence-corrected chi connectivity index (χ4v) is 1.73. The van der Waals surface area contributed by atoms with Crippen molar-refractivity contribution in [3.63, 3.8) is 0 Å². The Bertz CT molecular complexity index is 702. The summed E-state index contributed by atoms with van der Waals surface area (Å²) in [5, 5.41) is 26.4.